The van der Waals surface area contributed by atoms with Crippen molar-refractivity contribution in [1.29, 1.82) is 0 Å². The molecule has 0 amide bonds. The molecule has 5 heteroatoms. The molecule has 5 nitrogen and oxygen atoms in total. The average molecular weight is 276 g/mol. The fourth-order valence-corrected chi connectivity index (χ4v) is 3.23. The molecule has 2 fully saturated rings. The van der Waals surface area contributed by atoms with E-state index in [0.29, 0.717) is 6.04 Å². The second kappa shape index (κ2) is 6.06. The molecule has 20 heavy (non-hydrogen) atoms. The van der Waals surface area contributed by atoms with Gasteiger partial charge in [-0.25, -0.2) is 9.97 Å². The van der Waals surface area contributed by atoms with Gasteiger partial charge in [0.1, 0.15) is 0 Å². The number of rotatable bonds is 2. The summed E-state index contributed by atoms with van der Waals surface area (Å²) in [6.07, 6.45) is 2.50. The largest absolute Gasteiger partial charge is 0.379 e. The van der Waals surface area contributed by atoms with Crippen molar-refractivity contribution in [1.82, 2.24) is 14.9 Å². The number of ether oxygens (including phenoxy) is 1. The topological polar surface area (TPSA) is 41.5 Å². The van der Waals surface area contributed by atoms with Crippen LogP contribution in [0, 0.1) is 13.8 Å². The normalized spacial score (nSPS) is 24.9. The zero-order valence-electron chi connectivity index (χ0n) is 12.5. The Kier molecular flexibility index (Phi) is 4.17. The minimum absolute atomic E-state index is 0.622. The van der Waals surface area contributed by atoms with E-state index in [4.69, 9.17) is 4.74 Å². The van der Waals surface area contributed by atoms with E-state index in [9.17, 15) is 0 Å². The minimum Gasteiger partial charge on any atom is -0.379 e. The molecule has 1 aromatic rings. The molecule has 2 saturated heterocycles. The maximum absolute atomic E-state index is 5.45. The van der Waals surface area contributed by atoms with Crippen LogP contribution in [0.15, 0.2) is 6.07 Å². The van der Waals surface area contributed by atoms with Crippen molar-refractivity contribution < 1.29 is 4.74 Å². The van der Waals surface area contributed by atoms with Gasteiger partial charge in [0.2, 0.25) is 5.95 Å². The van der Waals surface area contributed by atoms with E-state index in [-0.39, 0.29) is 0 Å². The van der Waals surface area contributed by atoms with E-state index in [1.807, 2.05) is 19.9 Å². The van der Waals surface area contributed by atoms with Crippen molar-refractivity contribution >= 4 is 5.95 Å². The molecule has 1 aromatic heterocycles. The van der Waals surface area contributed by atoms with Crippen LogP contribution in [0.4, 0.5) is 5.95 Å². The summed E-state index contributed by atoms with van der Waals surface area (Å²) in [5.41, 5.74) is 2.11. The van der Waals surface area contributed by atoms with E-state index in [0.717, 1.165) is 56.7 Å². The molecule has 110 valence electrons. The lowest BCUT2D eigenvalue weighted by Crippen LogP contribution is -2.52. The highest BCUT2D eigenvalue weighted by Crippen LogP contribution is 2.21. The Morgan fingerprint density at radius 2 is 1.80 bits per heavy atom. The first-order chi connectivity index (χ1) is 9.72. The molecule has 3 heterocycles. The molecule has 1 unspecified atom stereocenters. The lowest BCUT2D eigenvalue weighted by atomic mass is 10.0. The maximum atomic E-state index is 5.45. The number of nitrogens with zero attached hydrogens (tertiary/aromatic N) is 4. The predicted molar refractivity (Wildman–Crippen MR) is 79.1 cm³/mol. The summed E-state index contributed by atoms with van der Waals surface area (Å²) in [6.45, 7) is 10.1. The Morgan fingerprint density at radius 1 is 1.10 bits per heavy atom. The van der Waals surface area contributed by atoms with Crippen molar-refractivity contribution in [3.63, 3.8) is 0 Å². The molecule has 2 aliphatic heterocycles. The van der Waals surface area contributed by atoms with Gasteiger partial charge in [-0.15, -0.1) is 0 Å². The van der Waals surface area contributed by atoms with E-state index < -0.39 is 0 Å². The summed E-state index contributed by atoms with van der Waals surface area (Å²) >= 11 is 0. The first-order valence-corrected chi connectivity index (χ1v) is 7.61. The Balaban J connectivity index is 1.70. The maximum Gasteiger partial charge on any atom is 0.225 e. The second-order valence-electron chi connectivity index (χ2n) is 5.84. The lowest BCUT2D eigenvalue weighted by Gasteiger charge is -2.40. The molecule has 0 aromatic carbocycles. The van der Waals surface area contributed by atoms with Gasteiger partial charge in [0.25, 0.3) is 0 Å². The number of hydrogen-bond acceptors (Lipinski definition) is 5. The number of anilines is 1. The van der Waals surface area contributed by atoms with Crippen LogP contribution in [0.5, 0.6) is 0 Å². The molecule has 0 radical (unpaired) electrons. The quantitative estimate of drug-likeness (QED) is 0.816. The molecule has 0 bridgehead atoms. The monoisotopic (exact) mass is 276 g/mol. The van der Waals surface area contributed by atoms with Gasteiger partial charge in [-0.3, -0.25) is 4.90 Å². The fraction of sp³-hybridized carbons (Fsp3) is 0.733. The summed E-state index contributed by atoms with van der Waals surface area (Å²) in [4.78, 5) is 14.1. The highest BCUT2D eigenvalue weighted by atomic mass is 16.5. The molecule has 2 aliphatic rings. The van der Waals surface area contributed by atoms with E-state index >= 15 is 0 Å². The van der Waals surface area contributed by atoms with E-state index in [2.05, 4.69) is 19.8 Å². The standard InChI is InChI=1S/C15H24N4O/c1-12-10-13(2)17-15(16-12)19-5-3-4-14(11-19)18-6-8-20-9-7-18/h10,14H,3-9,11H2,1-2H3. The van der Waals surface area contributed by atoms with Gasteiger partial charge in [0.15, 0.2) is 0 Å². The van der Waals surface area contributed by atoms with Crippen LogP contribution in [0.1, 0.15) is 24.2 Å². The van der Waals surface area contributed by atoms with E-state index in [1.165, 1.54) is 12.8 Å². The molecule has 3 rings (SSSR count). The minimum atomic E-state index is 0.622. The fourth-order valence-electron chi connectivity index (χ4n) is 3.23. The van der Waals surface area contributed by atoms with Crippen molar-refractivity contribution in [2.24, 2.45) is 0 Å². The van der Waals surface area contributed by atoms with Gasteiger partial charge >= 0.3 is 0 Å². The number of aryl methyl sites for hydroxylation is 2. The van der Waals surface area contributed by atoms with Crippen LogP contribution in [0.2, 0.25) is 0 Å². The van der Waals surface area contributed by atoms with Crippen LogP contribution >= 0.6 is 0 Å². The van der Waals surface area contributed by atoms with Crippen molar-refractivity contribution in [3.05, 3.63) is 17.5 Å². The summed E-state index contributed by atoms with van der Waals surface area (Å²) in [6, 6.07) is 2.66. The van der Waals surface area contributed by atoms with Gasteiger partial charge in [-0.2, -0.15) is 0 Å². The Morgan fingerprint density at radius 3 is 2.50 bits per heavy atom. The zero-order valence-corrected chi connectivity index (χ0v) is 12.5. The van der Waals surface area contributed by atoms with Crippen LogP contribution in [-0.4, -0.2) is 60.3 Å². The van der Waals surface area contributed by atoms with Gasteiger partial charge in [0, 0.05) is 43.6 Å². The van der Waals surface area contributed by atoms with Crippen molar-refractivity contribution in [2.75, 3.05) is 44.3 Å². The molecular formula is C15H24N4O. The van der Waals surface area contributed by atoms with Gasteiger partial charge in [-0.1, -0.05) is 0 Å². The smallest absolute Gasteiger partial charge is 0.225 e. The first kappa shape index (κ1) is 13.8. The Labute approximate surface area is 121 Å². The first-order valence-electron chi connectivity index (χ1n) is 7.61. The third-order valence-electron chi connectivity index (χ3n) is 4.21. The zero-order chi connectivity index (χ0) is 13.9. The summed E-state index contributed by atoms with van der Waals surface area (Å²) < 4.78 is 5.45. The molecule has 0 aliphatic carbocycles. The third-order valence-corrected chi connectivity index (χ3v) is 4.21. The van der Waals surface area contributed by atoms with Crippen molar-refractivity contribution in [2.45, 2.75) is 32.7 Å². The van der Waals surface area contributed by atoms with Gasteiger partial charge < -0.3 is 9.64 Å². The molecule has 0 N–H and O–H groups in total. The Bertz CT molecular complexity index is 439. The molecular weight excluding hydrogens is 252 g/mol. The van der Waals surface area contributed by atoms with Crippen LogP contribution in [0.25, 0.3) is 0 Å². The number of aromatic nitrogens is 2. The predicted octanol–water partition coefficient (Wildman–Crippen LogP) is 1.39. The number of hydrogen-bond donors (Lipinski definition) is 0. The second-order valence-corrected chi connectivity index (χ2v) is 5.84. The van der Waals surface area contributed by atoms with Crippen LogP contribution in [0.3, 0.4) is 0 Å². The lowest BCUT2D eigenvalue weighted by molar-refractivity contribution is 0.0136. The van der Waals surface area contributed by atoms with Gasteiger partial charge in [-0.05, 0) is 32.8 Å². The summed E-state index contributed by atoms with van der Waals surface area (Å²) in [7, 11) is 0. The highest BCUT2D eigenvalue weighted by molar-refractivity contribution is 5.33. The SMILES string of the molecule is Cc1cc(C)nc(N2CCCC(N3CCOCC3)C2)n1. The van der Waals surface area contributed by atoms with Gasteiger partial charge in [0.05, 0.1) is 13.2 Å². The number of morpholine rings is 1. The highest BCUT2D eigenvalue weighted by Gasteiger charge is 2.27. The summed E-state index contributed by atoms with van der Waals surface area (Å²) in [5.74, 6) is 0.903. The molecule has 0 spiro atoms. The van der Waals surface area contributed by atoms with Crippen LogP contribution in [-0.2, 0) is 4.74 Å². The summed E-state index contributed by atoms with van der Waals surface area (Å²) in [5, 5.41) is 0. The third kappa shape index (κ3) is 3.10. The van der Waals surface area contributed by atoms with Crippen molar-refractivity contribution in [3.8, 4) is 0 Å². The van der Waals surface area contributed by atoms with Crippen LogP contribution < -0.4 is 4.90 Å². The molecule has 1 atom stereocenters. The average Bonchev–Trinajstić information content (AvgIpc) is 2.47. The number of piperidine rings is 1. The van der Waals surface area contributed by atoms with E-state index in [1.54, 1.807) is 0 Å². The molecule has 0 saturated carbocycles. The Hall–Kier alpha value is -1.20.